The number of hydrogen-bond acceptors (Lipinski definition) is 2. The van der Waals surface area contributed by atoms with Crippen molar-refractivity contribution in [2.45, 2.75) is 6.92 Å². The van der Waals surface area contributed by atoms with E-state index >= 15 is 0 Å². The topological polar surface area (TPSA) is 38.4 Å². The molecule has 0 saturated carbocycles. The molecular formula is C7H10N2. The van der Waals surface area contributed by atoms with Crippen LogP contribution in [0.5, 0.6) is 0 Å². The van der Waals surface area contributed by atoms with E-state index in [9.17, 15) is 0 Å². The number of hydrogen-bond donors (Lipinski definition) is 1. The van der Waals surface area contributed by atoms with Crippen LogP contribution in [0.2, 0.25) is 0 Å². The third-order valence-corrected chi connectivity index (χ3v) is 1.43. The summed E-state index contributed by atoms with van der Waals surface area (Å²) in [5.41, 5.74) is 0.958. The number of nitrogens with two attached hydrogens (primary N) is 1. The highest BCUT2D eigenvalue weighted by molar-refractivity contribution is 5.87. The Morgan fingerprint density at radius 2 is 2.00 bits per heavy atom. The van der Waals surface area contributed by atoms with Gasteiger partial charge in [0.1, 0.15) is 0 Å². The highest BCUT2D eigenvalue weighted by atomic mass is 15.1. The molecule has 48 valence electrons. The molecule has 2 heteroatoms. The van der Waals surface area contributed by atoms with Crippen LogP contribution >= 0.6 is 0 Å². The third-order valence-electron chi connectivity index (χ3n) is 1.43. The summed E-state index contributed by atoms with van der Waals surface area (Å²) in [6.45, 7) is 1.92. The predicted molar refractivity (Wildman–Crippen MR) is 39.1 cm³/mol. The lowest BCUT2D eigenvalue weighted by Crippen LogP contribution is -2.05. The van der Waals surface area contributed by atoms with Gasteiger partial charge in [0.25, 0.3) is 0 Å². The van der Waals surface area contributed by atoms with Crippen molar-refractivity contribution in [1.82, 2.24) is 0 Å². The summed E-state index contributed by atoms with van der Waals surface area (Å²) in [4.78, 5) is 0. The quantitative estimate of drug-likeness (QED) is 0.315. The first-order valence-electron chi connectivity index (χ1n) is 2.94. The molecule has 0 unspecified atom stereocenters. The van der Waals surface area contributed by atoms with E-state index in [0.717, 1.165) is 5.71 Å². The van der Waals surface area contributed by atoms with Crippen LogP contribution in [-0.2, 0) is 0 Å². The second kappa shape index (κ2) is 2.49. The van der Waals surface area contributed by atoms with Crippen molar-refractivity contribution < 1.29 is 0 Å². The summed E-state index contributed by atoms with van der Waals surface area (Å²) in [6, 6.07) is 0. The van der Waals surface area contributed by atoms with Gasteiger partial charge in [-0.15, -0.1) is 0 Å². The van der Waals surface area contributed by atoms with Crippen molar-refractivity contribution in [3.63, 3.8) is 0 Å². The average molecular weight is 122 g/mol. The predicted octanol–water partition coefficient (Wildman–Crippen LogP) is 1.06. The summed E-state index contributed by atoms with van der Waals surface area (Å²) < 4.78 is 0. The number of hydrazone groups is 1. The molecule has 0 atom stereocenters. The lowest BCUT2D eigenvalue weighted by Gasteiger charge is -2.00. The maximum atomic E-state index is 5.07. The number of allylic oxidation sites excluding steroid dienone is 4. The van der Waals surface area contributed by atoms with Crippen LogP contribution in [0.3, 0.4) is 0 Å². The van der Waals surface area contributed by atoms with Crippen LogP contribution in [0.15, 0.2) is 29.4 Å². The van der Waals surface area contributed by atoms with Gasteiger partial charge in [-0.1, -0.05) is 24.3 Å². The third kappa shape index (κ3) is 1.19. The van der Waals surface area contributed by atoms with Gasteiger partial charge in [-0.3, -0.25) is 0 Å². The zero-order chi connectivity index (χ0) is 6.69. The Morgan fingerprint density at radius 3 is 2.44 bits per heavy atom. The van der Waals surface area contributed by atoms with Gasteiger partial charge in [-0.25, -0.2) is 0 Å². The molecule has 0 aliphatic heterocycles. The fourth-order valence-electron chi connectivity index (χ4n) is 0.796. The van der Waals surface area contributed by atoms with E-state index in [-0.39, 0.29) is 0 Å². The van der Waals surface area contributed by atoms with Crippen molar-refractivity contribution in [1.29, 1.82) is 0 Å². The Morgan fingerprint density at radius 1 is 1.44 bits per heavy atom. The van der Waals surface area contributed by atoms with E-state index in [1.807, 2.05) is 19.1 Å². The lowest BCUT2D eigenvalue weighted by molar-refractivity contribution is 1.09. The van der Waals surface area contributed by atoms with E-state index < -0.39 is 0 Å². The molecule has 0 aromatic heterocycles. The molecular weight excluding hydrogens is 112 g/mol. The Hall–Kier alpha value is -1.05. The van der Waals surface area contributed by atoms with Crippen molar-refractivity contribution in [2.24, 2.45) is 16.9 Å². The van der Waals surface area contributed by atoms with Crippen LogP contribution in [-0.4, -0.2) is 5.71 Å². The van der Waals surface area contributed by atoms with Crippen molar-refractivity contribution in [3.8, 4) is 0 Å². The van der Waals surface area contributed by atoms with Crippen molar-refractivity contribution >= 4 is 5.71 Å². The van der Waals surface area contributed by atoms with Gasteiger partial charge in [0, 0.05) is 11.6 Å². The van der Waals surface area contributed by atoms with E-state index in [1.54, 1.807) is 0 Å². The minimum Gasteiger partial charge on any atom is -0.323 e. The first kappa shape index (κ1) is 6.08. The van der Waals surface area contributed by atoms with Gasteiger partial charge < -0.3 is 5.84 Å². The van der Waals surface area contributed by atoms with Gasteiger partial charge >= 0.3 is 0 Å². The van der Waals surface area contributed by atoms with Gasteiger partial charge in [0.05, 0.1) is 0 Å². The fraction of sp³-hybridized carbons (Fsp3) is 0.286. The molecule has 1 rings (SSSR count). The zero-order valence-electron chi connectivity index (χ0n) is 5.41. The molecule has 0 fully saturated rings. The molecule has 0 radical (unpaired) electrons. The molecule has 2 N–H and O–H groups in total. The van der Waals surface area contributed by atoms with Crippen LogP contribution in [0.1, 0.15) is 6.92 Å². The van der Waals surface area contributed by atoms with Crippen molar-refractivity contribution in [3.05, 3.63) is 24.3 Å². The molecule has 0 amide bonds. The molecule has 0 aromatic rings. The largest absolute Gasteiger partial charge is 0.323 e. The minimum atomic E-state index is 0.343. The van der Waals surface area contributed by atoms with E-state index in [1.165, 1.54) is 0 Å². The number of nitrogens with zero attached hydrogens (tertiary/aromatic N) is 1. The van der Waals surface area contributed by atoms with E-state index in [4.69, 9.17) is 5.84 Å². The monoisotopic (exact) mass is 122 g/mol. The summed E-state index contributed by atoms with van der Waals surface area (Å²) >= 11 is 0. The minimum absolute atomic E-state index is 0.343. The van der Waals surface area contributed by atoms with Crippen molar-refractivity contribution in [2.75, 3.05) is 0 Å². The molecule has 0 heterocycles. The fourth-order valence-corrected chi connectivity index (χ4v) is 0.796. The first-order chi connectivity index (χ1) is 4.34. The molecule has 9 heavy (non-hydrogen) atoms. The van der Waals surface area contributed by atoms with Gasteiger partial charge in [-0.2, -0.15) is 5.10 Å². The molecule has 0 spiro atoms. The standard InChI is InChI=1S/C7H10N2/c1-6(9-8)7-4-2-3-5-7/h2-5,7H,8H2,1H3/b9-6+. The molecule has 1 aliphatic carbocycles. The molecule has 1 aliphatic rings. The van der Waals surface area contributed by atoms with Crippen LogP contribution in [0.25, 0.3) is 0 Å². The lowest BCUT2D eigenvalue weighted by atomic mass is 10.1. The van der Waals surface area contributed by atoms with Crippen LogP contribution in [0.4, 0.5) is 0 Å². The zero-order valence-corrected chi connectivity index (χ0v) is 5.41. The summed E-state index contributed by atoms with van der Waals surface area (Å²) in [7, 11) is 0. The Kier molecular flexibility index (Phi) is 1.68. The highest BCUT2D eigenvalue weighted by Gasteiger charge is 2.05. The highest BCUT2D eigenvalue weighted by Crippen LogP contribution is 2.09. The Labute approximate surface area is 54.7 Å². The summed E-state index contributed by atoms with van der Waals surface area (Å²) in [5.74, 6) is 5.41. The Bertz CT molecular complexity index is 165. The second-order valence-corrected chi connectivity index (χ2v) is 2.07. The smallest absolute Gasteiger partial charge is 0.0451 e. The summed E-state index contributed by atoms with van der Waals surface area (Å²) in [6.07, 6.45) is 8.12. The van der Waals surface area contributed by atoms with Crippen LogP contribution < -0.4 is 5.84 Å². The van der Waals surface area contributed by atoms with Gasteiger partial charge in [0.15, 0.2) is 0 Å². The van der Waals surface area contributed by atoms with Crippen LogP contribution in [0, 0.1) is 5.92 Å². The normalized spacial score (nSPS) is 19.4. The first-order valence-corrected chi connectivity index (χ1v) is 2.94. The molecule has 0 aromatic carbocycles. The van der Waals surface area contributed by atoms with E-state index in [0.29, 0.717) is 5.92 Å². The van der Waals surface area contributed by atoms with Gasteiger partial charge in [-0.05, 0) is 6.92 Å². The number of rotatable bonds is 1. The summed E-state index contributed by atoms with van der Waals surface area (Å²) in [5, 5.41) is 3.58. The molecule has 0 saturated heterocycles. The maximum Gasteiger partial charge on any atom is 0.0451 e. The Balaban J connectivity index is 2.64. The average Bonchev–Trinajstić information content (AvgIpc) is 2.37. The maximum absolute atomic E-state index is 5.07. The SMILES string of the molecule is C/C(=N\N)C1C=CC=C1. The molecule has 2 nitrogen and oxygen atoms in total. The second-order valence-electron chi connectivity index (χ2n) is 2.07. The molecule has 0 bridgehead atoms. The van der Waals surface area contributed by atoms with E-state index in [2.05, 4.69) is 17.3 Å². The van der Waals surface area contributed by atoms with Gasteiger partial charge in [0.2, 0.25) is 0 Å².